The molecule has 0 aliphatic heterocycles. The van der Waals surface area contributed by atoms with Crippen LogP contribution in [-0.2, 0) is 9.59 Å². The molecule has 0 fully saturated rings. The SMILES string of the molecule is C=C(C)C(=O)O.C=CCC1CCC=C1C(=O)O. The van der Waals surface area contributed by atoms with Crippen molar-refractivity contribution in [3.8, 4) is 0 Å². The van der Waals surface area contributed by atoms with E-state index in [1.807, 2.05) is 6.08 Å². The van der Waals surface area contributed by atoms with E-state index in [1.54, 1.807) is 6.08 Å². The predicted molar refractivity (Wildman–Crippen MR) is 65.7 cm³/mol. The van der Waals surface area contributed by atoms with Gasteiger partial charge >= 0.3 is 11.9 Å². The molecule has 0 aromatic heterocycles. The first-order chi connectivity index (χ1) is 7.90. The molecule has 17 heavy (non-hydrogen) atoms. The summed E-state index contributed by atoms with van der Waals surface area (Å²) in [5.41, 5.74) is 0.750. The van der Waals surface area contributed by atoms with Crippen LogP contribution >= 0.6 is 0 Å². The summed E-state index contributed by atoms with van der Waals surface area (Å²) in [4.78, 5) is 20.2. The molecule has 0 aromatic carbocycles. The van der Waals surface area contributed by atoms with Gasteiger partial charge < -0.3 is 10.2 Å². The van der Waals surface area contributed by atoms with Gasteiger partial charge in [-0.25, -0.2) is 9.59 Å². The molecule has 0 aromatic rings. The Morgan fingerprint density at radius 1 is 1.53 bits per heavy atom. The summed E-state index contributed by atoms with van der Waals surface area (Å²) in [5.74, 6) is -1.49. The van der Waals surface area contributed by atoms with Gasteiger partial charge in [0.15, 0.2) is 0 Å². The van der Waals surface area contributed by atoms with Crippen LogP contribution in [0.2, 0.25) is 0 Å². The molecule has 4 nitrogen and oxygen atoms in total. The zero-order valence-corrected chi connectivity index (χ0v) is 9.98. The molecule has 2 N–H and O–H groups in total. The number of carboxylic acids is 2. The van der Waals surface area contributed by atoms with Crippen molar-refractivity contribution < 1.29 is 19.8 Å². The van der Waals surface area contributed by atoms with E-state index < -0.39 is 11.9 Å². The summed E-state index contributed by atoms with van der Waals surface area (Å²) in [7, 11) is 0. The van der Waals surface area contributed by atoms with Gasteiger partial charge in [0.25, 0.3) is 0 Å². The molecular formula is C13H18O4. The number of aliphatic carboxylic acids is 2. The number of hydrogen-bond acceptors (Lipinski definition) is 2. The normalized spacial score (nSPS) is 17.5. The van der Waals surface area contributed by atoms with E-state index in [2.05, 4.69) is 13.2 Å². The van der Waals surface area contributed by atoms with Crippen LogP contribution in [0.3, 0.4) is 0 Å². The first kappa shape index (κ1) is 15.2. The second kappa shape index (κ2) is 7.44. The molecule has 1 unspecified atom stereocenters. The third kappa shape index (κ3) is 5.70. The minimum absolute atomic E-state index is 0.176. The maximum atomic E-state index is 10.6. The average Bonchev–Trinajstić information content (AvgIpc) is 2.67. The van der Waals surface area contributed by atoms with Crippen LogP contribution in [0.4, 0.5) is 0 Å². The van der Waals surface area contributed by atoms with Crippen LogP contribution in [0.25, 0.3) is 0 Å². The number of carbonyl (C=O) groups is 2. The van der Waals surface area contributed by atoms with Crippen LogP contribution in [0.5, 0.6) is 0 Å². The molecule has 0 amide bonds. The molecule has 0 heterocycles. The van der Waals surface area contributed by atoms with Gasteiger partial charge in [-0.05, 0) is 32.1 Å². The molecule has 1 atom stereocenters. The number of carboxylic acid groups (broad SMARTS) is 2. The first-order valence-electron chi connectivity index (χ1n) is 5.33. The monoisotopic (exact) mass is 238 g/mol. The number of hydrogen-bond donors (Lipinski definition) is 2. The third-order valence-electron chi connectivity index (χ3n) is 2.38. The lowest BCUT2D eigenvalue weighted by molar-refractivity contribution is -0.133. The van der Waals surface area contributed by atoms with E-state index in [9.17, 15) is 9.59 Å². The van der Waals surface area contributed by atoms with Crippen molar-refractivity contribution >= 4 is 11.9 Å². The Labute approximate surface area is 101 Å². The summed E-state index contributed by atoms with van der Waals surface area (Å²) in [6.45, 7) is 8.20. The minimum atomic E-state index is -0.935. The van der Waals surface area contributed by atoms with Gasteiger partial charge in [-0.2, -0.15) is 0 Å². The van der Waals surface area contributed by atoms with Crippen LogP contribution < -0.4 is 0 Å². The summed E-state index contributed by atoms with van der Waals surface area (Å²) in [6, 6.07) is 0. The maximum absolute atomic E-state index is 10.6. The molecule has 0 spiro atoms. The fourth-order valence-corrected chi connectivity index (χ4v) is 1.47. The highest BCUT2D eigenvalue weighted by atomic mass is 16.4. The molecule has 0 bridgehead atoms. The number of allylic oxidation sites excluding steroid dienone is 2. The lowest BCUT2D eigenvalue weighted by Gasteiger charge is -2.07. The van der Waals surface area contributed by atoms with E-state index in [0.717, 1.165) is 19.3 Å². The molecule has 0 saturated carbocycles. The standard InChI is InChI=1S/C9H12O2.C4H6O2/c1-2-4-7-5-3-6-8(7)9(10)11;1-3(2)4(5)6/h2,6-7H,1,3-5H2,(H,10,11);1H2,2H3,(H,5,6). The van der Waals surface area contributed by atoms with E-state index in [0.29, 0.717) is 5.57 Å². The highest BCUT2D eigenvalue weighted by molar-refractivity contribution is 5.87. The Kier molecular flexibility index (Phi) is 6.63. The molecule has 1 aliphatic carbocycles. The highest BCUT2D eigenvalue weighted by Crippen LogP contribution is 2.28. The summed E-state index contributed by atoms with van der Waals surface area (Å²) in [6.07, 6.45) is 6.26. The molecular weight excluding hydrogens is 220 g/mol. The quantitative estimate of drug-likeness (QED) is 0.583. The first-order valence-corrected chi connectivity index (χ1v) is 5.33. The molecule has 0 radical (unpaired) electrons. The van der Waals surface area contributed by atoms with Crippen molar-refractivity contribution in [3.05, 3.63) is 36.5 Å². The van der Waals surface area contributed by atoms with Crippen molar-refractivity contribution in [2.45, 2.75) is 26.2 Å². The van der Waals surface area contributed by atoms with Gasteiger partial charge in [-0.15, -0.1) is 6.58 Å². The van der Waals surface area contributed by atoms with Crippen LogP contribution in [0, 0.1) is 5.92 Å². The Bertz CT molecular complexity index is 340. The second-order valence-electron chi connectivity index (χ2n) is 3.85. The van der Waals surface area contributed by atoms with E-state index >= 15 is 0 Å². The van der Waals surface area contributed by atoms with Crippen molar-refractivity contribution in [1.29, 1.82) is 0 Å². The van der Waals surface area contributed by atoms with Crippen LogP contribution in [0.15, 0.2) is 36.5 Å². The Morgan fingerprint density at radius 2 is 2.06 bits per heavy atom. The van der Waals surface area contributed by atoms with Gasteiger partial charge in [0.2, 0.25) is 0 Å². The second-order valence-corrected chi connectivity index (χ2v) is 3.85. The van der Waals surface area contributed by atoms with Crippen molar-refractivity contribution in [3.63, 3.8) is 0 Å². The van der Waals surface area contributed by atoms with E-state index in [1.165, 1.54) is 6.92 Å². The van der Waals surface area contributed by atoms with E-state index in [-0.39, 0.29) is 11.5 Å². The van der Waals surface area contributed by atoms with Gasteiger partial charge in [-0.1, -0.05) is 18.7 Å². The smallest absolute Gasteiger partial charge is 0.331 e. The van der Waals surface area contributed by atoms with Crippen LogP contribution in [-0.4, -0.2) is 22.2 Å². The lowest BCUT2D eigenvalue weighted by Crippen LogP contribution is -2.07. The molecule has 1 rings (SSSR count). The van der Waals surface area contributed by atoms with Crippen molar-refractivity contribution in [2.75, 3.05) is 0 Å². The number of rotatable bonds is 4. The van der Waals surface area contributed by atoms with Gasteiger partial charge in [0.05, 0.1) is 0 Å². The van der Waals surface area contributed by atoms with E-state index in [4.69, 9.17) is 10.2 Å². The van der Waals surface area contributed by atoms with Crippen LogP contribution in [0.1, 0.15) is 26.2 Å². The average molecular weight is 238 g/mol. The largest absolute Gasteiger partial charge is 0.478 e. The fraction of sp³-hybridized carbons (Fsp3) is 0.385. The van der Waals surface area contributed by atoms with Crippen molar-refractivity contribution in [1.82, 2.24) is 0 Å². The highest BCUT2D eigenvalue weighted by Gasteiger charge is 2.22. The third-order valence-corrected chi connectivity index (χ3v) is 2.38. The Hall–Kier alpha value is -1.84. The molecule has 94 valence electrons. The topological polar surface area (TPSA) is 74.6 Å². The lowest BCUT2D eigenvalue weighted by atomic mass is 9.98. The summed E-state index contributed by atoms with van der Waals surface area (Å²) in [5, 5.41) is 16.6. The molecule has 4 heteroatoms. The fourth-order valence-electron chi connectivity index (χ4n) is 1.47. The Morgan fingerprint density at radius 3 is 2.41 bits per heavy atom. The van der Waals surface area contributed by atoms with Gasteiger partial charge in [0.1, 0.15) is 0 Å². The van der Waals surface area contributed by atoms with Gasteiger partial charge in [0, 0.05) is 11.1 Å². The molecule has 1 aliphatic rings. The minimum Gasteiger partial charge on any atom is -0.478 e. The predicted octanol–water partition coefficient (Wildman–Crippen LogP) is 2.63. The summed E-state index contributed by atoms with van der Waals surface area (Å²) >= 11 is 0. The molecule has 0 saturated heterocycles. The van der Waals surface area contributed by atoms with Crippen molar-refractivity contribution in [2.24, 2.45) is 5.92 Å². The van der Waals surface area contributed by atoms with Gasteiger partial charge in [-0.3, -0.25) is 0 Å². The summed E-state index contributed by atoms with van der Waals surface area (Å²) < 4.78 is 0. The zero-order valence-electron chi connectivity index (χ0n) is 9.98. The maximum Gasteiger partial charge on any atom is 0.331 e. The zero-order chi connectivity index (χ0) is 13.4. The Balaban J connectivity index is 0.000000366.